The third-order valence-corrected chi connectivity index (χ3v) is 2.17. The van der Waals surface area contributed by atoms with Crippen molar-refractivity contribution < 1.29 is 14.8 Å². The molecule has 0 aliphatic heterocycles. The van der Waals surface area contributed by atoms with Crippen LogP contribution in [0, 0.1) is 5.41 Å². The van der Waals surface area contributed by atoms with Crippen LogP contribution in [-0.2, 0) is 4.57 Å². The number of aliphatic hydroxyl groups excluding tert-OH is 2. The van der Waals surface area contributed by atoms with Gasteiger partial charge < -0.3 is 10.2 Å². The third kappa shape index (κ3) is 5.90. The van der Waals surface area contributed by atoms with Crippen LogP contribution in [0.3, 0.4) is 0 Å². The summed E-state index contributed by atoms with van der Waals surface area (Å²) < 4.78 is 8.72. The summed E-state index contributed by atoms with van der Waals surface area (Å²) in [6.07, 6.45) is 1.69. The molecule has 12 heavy (non-hydrogen) atoms. The normalized spacial score (nSPS) is 10.8. The molecule has 0 rings (SSSR count). The van der Waals surface area contributed by atoms with Crippen molar-refractivity contribution in [3.8, 4) is 0 Å². The Morgan fingerprint density at radius 3 is 1.50 bits per heavy atom. The summed E-state index contributed by atoms with van der Waals surface area (Å²) in [4.78, 5) is 0. The first-order valence-electron chi connectivity index (χ1n) is 3.85. The fourth-order valence-corrected chi connectivity index (χ4v) is 0.747. The van der Waals surface area contributed by atoms with Gasteiger partial charge in [-0.1, -0.05) is 18.4 Å². The zero-order valence-electron chi connectivity index (χ0n) is 7.51. The Morgan fingerprint density at radius 2 is 1.50 bits per heavy atom. The lowest BCUT2D eigenvalue weighted by atomic mass is 9.84. The Labute approximate surface area is 79.7 Å². The van der Waals surface area contributed by atoms with E-state index in [4.69, 9.17) is 14.8 Å². The minimum atomic E-state index is -0.694. The van der Waals surface area contributed by atoms with E-state index in [1.54, 1.807) is 0 Å². The van der Waals surface area contributed by atoms with Crippen LogP contribution in [0.25, 0.3) is 0 Å². The molecule has 0 saturated heterocycles. The molecule has 0 aromatic heterocycles. The van der Waals surface area contributed by atoms with E-state index >= 15 is 0 Å². The summed E-state index contributed by atoms with van der Waals surface area (Å²) in [5, 5.41) is 17.6. The molecule has 0 aliphatic carbocycles. The predicted octanol–water partition coefficient (Wildman–Crippen LogP) is 1.94. The largest absolute Gasteiger partial charge is 0.441 e. The fourth-order valence-electron chi connectivity index (χ4n) is 0.747. The molecule has 0 radical (unpaired) electrons. The molecule has 5 heteroatoms. The monoisotopic (exact) mass is 215 g/mol. The summed E-state index contributed by atoms with van der Waals surface area (Å²) in [7, 11) is -0.694. The van der Waals surface area contributed by atoms with Crippen LogP contribution in [0.4, 0.5) is 0 Å². The maximum atomic E-state index is 8.82. The number of hydrogen-bond donors (Lipinski definition) is 2. The fraction of sp³-hybridized carbons (Fsp3) is 1.00. The van der Waals surface area contributed by atoms with Gasteiger partial charge >= 0.3 is 7.81 Å². The molecule has 0 saturated carbocycles. The zero-order valence-corrected chi connectivity index (χ0v) is 9.26. The smallest absolute Gasteiger partial charge is 0.396 e. The Morgan fingerprint density at radius 1 is 1.25 bits per heavy atom. The van der Waals surface area contributed by atoms with Crippen molar-refractivity contribution in [3.63, 3.8) is 0 Å². The van der Waals surface area contributed by atoms with Gasteiger partial charge in [0.25, 0.3) is 0 Å². The molecule has 0 amide bonds. The summed E-state index contributed by atoms with van der Waals surface area (Å²) in [6, 6.07) is 0. The van der Waals surface area contributed by atoms with E-state index in [0.29, 0.717) is 0 Å². The summed E-state index contributed by atoms with van der Waals surface area (Å²) in [6.45, 7) is 4.15. The average molecular weight is 216 g/mol. The maximum Gasteiger partial charge on any atom is 0.441 e. The predicted molar refractivity (Wildman–Crippen MR) is 52.0 cm³/mol. The summed E-state index contributed by atoms with van der Waals surface area (Å²) in [5.74, 6) is 0. The first-order valence-corrected chi connectivity index (χ1v) is 5.77. The molecule has 74 valence electrons. The van der Waals surface area contributed by atoms with Gasteiger partial charge in [0, 0.05) is 5.41 Å². The zero-order chi connectivity index (χ0) is 10.0. The second-order valence-corrected chi connectivity index (χ2v) is 3.22. The van der Waals surface area contributed by atoms with E-state index in [1.807, 2.05) is 13.8 Å². The van der Waals surface area contributed by atoms with Gasteiger partial charge in [0.2, 0.25) is 11.2 Å². The molecule has 0 aromatic carbocycles. The van der Waals surface area contributed by atoms with E-state index < -0.39 is 7.81 Å². The molecule has 0 aliphatic rings. The number of aliphatic hydroxyl groups is 2. The van der Waals surface area contributed by atoms with Gasteiger partial charge in [0.05, 0.1) is 13.2 Å². The van der Waals surface area contributed by atoms with Crippen molar-refractivity contribution in [2.24, 2.45) is 5.41 Å². The SMILES string of the molecule is CCC(CC)(CO)CO.O=[PH+]Cl. The Bertz CT molecular complexity index is 89.3. The molecule has 0 spiro atoms. The van der Waals surface area contributed by atoms with Gasteiger partial charge in [-0.3, -0.25) is 0 Å². The highest BCUT2D eigenvalue weighted by atomic mass is 35.7. The number of rotatable bonds is 4. The van der Waals surface area contributed by atoms with Gasteiger partial charge in [-0.25, -0.2) is 0 Å². The summed E-state index contributed by atoms with van der Waals surface area (Å²) >= 11 is 4.47. The highest BCUT2D eigenvalue weighted by Crippen LogP contribution is 2.23. The molecule has 0 bridgehead atoms. The lowest BCUT2D eigenvalue weighted by Gasteiger charge is -2.25. The van der Waals surface area contributed by atoms with Crippen LogP contribution in [0.5, 0.6) is 0 Å². The van der Waals surface area contributed by atoms with E-state index in [9.17, 15) is 0 Å². The molecule has 0 aromatic rings. The van der Waals surface area contributed by atoms with Crippen molar-refractivity contribution >= 4 is 19.1 Å². The van der Waals surface area contributed by atoms with Gasteiger partial charge in [-0.2, -0.15) is 0 Å². The number of halogens is 1. The van der Waals surface area contributed by atoms with E-state index in [0.717, 1.165) is 12.8 Å². The Balaban J connectivity index is 0. The van der Waals surface area contributed by atoms with Gasteiger partial charge in [-0.05, 0) is 12.8 Å². The van der Waals surface area contributed by atoms with Crippen LogP contribution in [-0.4, -0.2) is 23.4 Å². The van der Waals surface area contributed by atoms with Crippen LogP contribution in [0.2, 0.25) is 0 Å². The molecule has 1 unspecified atom stereocenters. The van der Waals surface area contributed by atoms with Gasteiger partial charge in [0.1, 0.15) is 0 Å². The van der Waals surface area contributed by atoms with E-state index in [2.05, 4.69) is 11.2 Å². The van der Waals surface area contributed by atoms with E-state index in [1.165, 1.54) is 0 Å². The lowest BCUT2D eigenvalue weighted by Crippen LogP contribution is -2.27. The average Bonchev–Trinajstić information content (AvgIpc) is 2.11. The van der Waals surface area contributed by atoms with Crippen molar-refractivity contribution in [2.75, 3.05) is 13.2 Å². The Hall–Kier alpha value is 0.310. The van der Waals surface area contributed by atoms with Crippen molar-refractivity contribution in [3.05, 3.63) is 0 Å². The highest BCUT2D eigenvalue weighted by Gasteiger charge is 2.23. The molecule has 0 fully saturated rings. The quantitative estimate of drug-likeness (QED) is 0.705. The second kappa shape index (κ2) is 9.40. The topological polar surface area (TPSA) is 57.5 Å². The molecular weight excluding hydrogens is 199 g/mol. The van der Waals surface area contributed by atoms with E-state index in [-0.39, 0.29) is 18.6 Å². The minimum absolute atomic E-state index is 0.0938. The van der Waals surface area contributed by atoms with Crippen molar-refractivity contribution in [1.29, 1.82) is 0 Å². The first-order chi connectivity index (χ1) is 5.66. The highest BCUT2D eigenvalue weighted by molar-refractivity contribution is 7.57. The Kier molecular flexibility index (Phi) is 11.6. The molecule has 2 N–H and O–H groups in total. The molecule has 1 atom stereocenters. The molecule has 3 nitrogen and oxygen atoms in total. The van der Waals surface area contributed by atoms with Crippen LogP contribution in [0.15, 0.2) is 0 Å². The molecular formula is C7H17ClO3P+. The number of hydrogen-bond acceptors (Lipinski definition) is 3. The summed E-state index contributed by atoms with van der Waals surface area (Å²) in [5.41, 5.74) is -0.222. The van der Waals surface area contributed by atoms with Crippen molar-refractivity contribution in [1.82, 2.24) is 0 Å². The van der Waals surface area contributed by atoms with Crippen LogP contribution < -0.4 is 0 Å². The first kappa shape index (κ1) is 14.8. The van der Waals surface area contributed by atoms with Crippen LogP contribution in [0.1, 0.15) is 26.7 Å². The van der Waals surface area contributed by atoms with Crippen LogP contribution >= 0.6 is 19.1 Å². The minimum Gasteiger partial charge on any atom is -0.396 e. The van der Waals surface area contributed by atoms with Crippen molar-refractivity contribution in [2.45, 2.75) is 26.7 Å². The maximum absolute atomic E-state index is 8.82. The second-order valence-electron chi connectivity index (χ2n) is 2.60. The standard InChI is InChI=1S/C7H16O2.ClOP/c1-3-7(4-2,5-8)6-9;1-3-2/h8-9H,3-6H2,1-2H3;/p+1. The van der Waals surface area contributed by atoms with Gasteiger partial charge in [0.15, 0.2) is 0 Å². The molecule has 0 heterocycles. The lowest BCUT2D eigenvalue weighted by molar-refractivity contribution is 0.0480. The third-order valence-electron chi connectivity index (χ3n) is 2.17. The van der Waals surface area contributed by atoms with Gasteiger partial charge in [-0.15, -0.1) is 0 Å².